The first-order chi connectivity index (χ1) is 14.3. The molecule has 7 heteroatoms. The maximum absolute atomic E-state index is 12.7. The van der Waals surface area contributed by atoms with Crippen LogP contribution in [0.2, 0.25) is 0 Å². The van der Waals surface area contributed by atoms with Gasteiger partial charge in [-0.15, -0.1) is 0 Å². The molecule has 5 rings (SSSR count). The van der Waals surface area contributed by atoms with E-state index in [1.54, 1.807) is 24.5 Å². The Morgan fingerprint density at radius 1 is 1.07 bits per heavy atom. The second-order valence-electron chi connectivity index (χ2n) is 7.24. The van der Waals surface area contributed by atoms with Crippen molar-refractivity contribution in [2.24, 2.45) is 0 Å². The van der Waals surface area contributed by atoms with E-state index in [0.29, 0.717) is 11.4 Å². The molecule has 0 aliphatic carbocycles. The molecule has 1 aliphatic rings. The second-order valence-corrected chi connectivity index (χ2v) is 7.24. The number of amides is 1. The van der Waals surface area contributed by atoms with E-state index < -0.39 is 0 Å². The molecule has 1 aliphatic heterocycles. The van der Waals surface area contributed by atoms with E-state index in [0.717, 1.165) is 41.7 Å². The summed E-state index contributed by atoms with van der Waals surface area (Å²) in [5.41, 5.74) is 5.04. The molecule has 1 fully saturated rings. The number of aromatic amines is 1. The molecule has 0 bridgehead atoms. The minimum absolute atomic E-state index is 0.272. The van der Waals surface area contributed by atoms with E-state index >= 15 is 0 Å². The zero-order valence-corrected chi connectivity index (χ0v) is 15.8. The number of H-pyrrole nitrogens is 1. The summed E-state index contributed by atoms with van der Waals surface area (Å²) in [6.07, 6.45) is 8.32. The van der Waals surface area contributed by atoms with E-state index in [2.05, 4.69) is 36.4 Å². The molecule has 144 valence electrons. The van der Waals surface area contributed by atoms with Gasteiger partial charge in [0.25, 0.3) is 5.91 Å². The smallest absolute Gasteiger partial charge is 0.276 e. The van der Waals surface area contributed by atoms with Crippen molar-refractivity contribution in [3.8, 4) is 11.1 Å². The van der Waals surface area contributed by atoms with Crippen molar-refractivity contribution in [1.29, 1.82) is 0 Å². The number of carbonyl (C=O) groups excluding carboxylic acids is 1. The zero-order valence-electron chi connectivity index (χ0n) is 15.8. The average Bonchev–Trinajstić information content (AvgIpc) is 3.15. The number of pyridine rings is 2. The van der Waals surface area contributed by atoms with Gasteiger partial charge in [0.2, 0.25) is 0 Å². The Morgan fingerprint density at radius 3 is 2.79 bits per heavy atom. The van der Waals surface area contributed by atoms with Gasteiger partial charge in [0, 0.05) is 36.1 Å². The molecule has 0 spiro atoms. The Balaban J connectivity index is 1.45. The van der Waals surface area contributed by atoms with E-state index in [1.165, 1.54) is 12.0 Å². The lowest BCUT2D eigenvalue weighted by atomic mass is 10.0. The van der Waals surface area contributed by atoms with Gasteiger partial charge in [-0.3, -0.25) is 24.8 Å². The van der Waals surface area contributed by atoms with Gasteiger partial charge in [0.15, 0.2) is 5.69 Å². The standard InChI is InChI=1S/C22H20N6O/c29-22(25-18-3-1-6-23-13-18)21-19-10-16(4-5-20(19)26-27-21)17-9-15(11-24-12-17)14-28-7-2-8-28/h1,3-6,9-13H,2,7-8,14H2,(H,25,29)(H,26,27). The SMILES string of the molecule is O=C(Nc1cccnc1)c1n[nH]c2ccc(-c3cncc(CN4CCC4)c3)cc12. The van der Waals surface area contributed by atoms with Gasteiger partial charge < -0.3 is 5.32 Å². The van der Waals surface area contributed by atoms with E-state index in [1.807, 2.05) is 30.6 Å². The Kier molecular flexibility index (Phi) is 4.50. The summed E-state index contributed by atoms with van der Waals surface area (Å²) in [6.45, 7) is 3.23. The van der Waals surface area contributed by atoms with Gasteiger partial charge in [0.05, 0.1) is 17.4 Å². The number of benzene rings is 1. The number of nitrogens with zero attached hydrogens (tertiary/aromatic N) is 4. The topological polar surface area (TPSA) is 86.8 Å². The summed E-state index contributed by atoms with van der Waals surface area (Å²) in [4.78, 5) is 23.6. The normalized spacial score (nSPS) is 13.9. The predicted octanol–water partition coefficient (Wildman–Crippen LogP) is 3.48. The second kappa shape index (κ2) is 7.44. The molecule has 0 radical (unpaired) electrons. The molecule has 4 aromatic rings. The minimum atomic E-state index is -0.272. The fraction of sp³-hybridized carbons (Fsp3) is 0.182. The van der Waals surface area contributed by atoms with Crippen molar-refractivity contribution in [2.75, 3.05) is 18.4 Å². The van der Waals surface area contributed by atoms with E-state index in [-0.39, 0.29) is 5.91 Å². The molecule has 1 saturated heterocycles. The van der Waals surface area contributed by atoms with Gasteiger partial charge in [-0.05, 0) is 61.0 Å². The fourth-order valence-electron chi connectivity index (χ4n) is 3.52. The number of likely N-dealkylation sites (tertiary alicyclic amines) is 1. The molecule has 3 aromatic heterocycles. The maximum Gasteiger partial charge on any atom is 0.276 e. The van der Waals surface area contributed by atoms with Crippen LogP contribution in [0.1, 0.15) is 22.5 Å². The van der Waals surface area contributed by atoms with Gasteiger partial charge in [-0.2, -0.15) is 5.10 Å². The van der Waals surface area contributed by atoms with Crippen LogP contribution in [0.15, 0.2) is 61.2 Å². The van der Waals surface area contributed by atoms with Gasteiger partial charge >= 0.3 is 0 Å². The number of hydrogen-bond acceptors (Lipinski definition) is 5. The van der Waals surface area contributed by atoms with Crippen LogP contribution in [0.25, 0.3) is 22.0 Å². The van der Waals surface area contributed by atoms with Crippen LogP contribution in [-0.2, 0) is 6.54 Å². The lowest BCUT2D eigenvalue weighted by Crippen LogP contribution is -2.36. The minimum Gasteiger partial charge on any atom is -0.319 e. The Labute approximate surface area is 167 Å². The van der Waals surface area contributed by atoms with Crippen molar-refractivity contribution in [1.82, 2.24) is 25.1 Å². The van der Waals surface area contributed by atoms with Gasteiger partial charge in [0.1, 0.15) is 0 Å². The first-order valence-corrected chi connectivity index (χ1v) is 9.62. The highest BCUT2D eigenvalue weighted by Gasteiger charge is 2.16. The molecular formula is C22H20N6O. The Morgan fingerprint density at radius 2 is 2.00 bits per heavy atom. The van der Waals surface area contributed by atoms with Crippen molar-refractivity contribution in [2.45, 2.75) is 13.0 Å². The number of rotatable bonds is 5. The molecule has 7 nitrogen and oxygen atoms in total. The summed E-state index contributed by atoms with van der Waals surface area (Å²) in [5, 5.41) is 10.8. The number of fused-ring (bicyclic) bond motifs is 1. The third-order valence-corrected chi connectivity index (χ3v) is 5.18. The summed E-state index contributed by atoms with van der Waals surface area (Å²) in [5.74, 6) is -0.272. The number of nitrogens with one attached hydrogen (secondary N) is 2. The van der Waals surface area contributed by atoms with Crippen molar-refractivity contribution >= 4 is 22.5 Å². The largest absolute Gasteiger partial charge is 0.319 e. The molecule has 1 aromatic carbocycles. The van der Waals surface area contributed by atoms with Crippen LogP contribution < -0.4 is 5.32 Å². The first kappa shape index (κ1) is 17.5. The molecule has 29 heavy (non-hydrogen) atoms. The monoisotopic (exact) mass is 384 g/mol. The highest BCUT2D eigenvalue weighted by molar-refractivity contribution is 6.11. The quantitative estimate of drug-likeness (QED) is 0.550. The van der Waals surface area contributed by atoms with Crippen LogP contribution in [0.5, 0.6) is 0 Å². The van der Waals surface area contributed by atoms with Crippen LogP contribution in [-0.4, -0.2) is 44.1 Å². The van der Waals surface area contributed by atoms with E-state index in [9.17, 15) is 4.79 Å². The maximum atomic E-state index is 12.7. The number of aromatic nitrogens is 4. The third-order valence-electron chi connectivity index (χ3n) is 5.18. The summed E-state index contributed by atoms with van der Waals surface area (Å²) in [7, 11) is 0. The third kappa shape index (κ3) is 3.60. The summed E-state index contributed by atoms with van der Waals surface area (Å²) < 4.78 is 0. The molecule has 0 saturated carbocycles. The summed E-state index contributed by atoms with van der Waals surface area (Å²) in [6, 6.07) is 11.7. The van der Waals surface area contributed by atoms with Crippen LogP contribution in [0.4, 0.5) is 5.69 Å². The van der Waals surface area contributed by atoms with E-state index in [4.69, 9.17) is 0 Å². The van der Waals surface area contributed by atoms with Crippen LogP contribution in [0, 0.1) is 0 Å². The summed E-state index contributed by atoms with van der Waals surface area (Å²) >= 11 is 0. The number of carbonyl (C=O) groups is 1. The first-order valence-electron chi connectivity index (χ1n) is 9.62. The van der Waals surface area contributed by atoms with Crippen molar-refractivity contribution in [3.63, 3.8) is 0 Å². The molecule has 2 N–H and O–H groups in total. The van der Waals surface area contributed by atoms with Crippen LogP contribution >= 0.6 is 0 Å². The van der Waals surface area contributed by atoms with Gasteiger partial charge in [-0.1, -0.05) is 6.07 Å². The molecule has 0 atom stereocenters. The zero-order chi connectivity index (χ0) is 19.6. The average molecular weight is 384 g/mol. The Bertz CT molecular complexity index is 1170. The highest BCUT2D eigenvalue weighted by Crippen LogP contribution is 2.26. The molecule has 1 amide bonds. The number of hydrogen-bond donors (Lipinski definition) is 2. The van der Waals surface area contributed by atoms with Crippen LogP contribution in [0.3, 0.4) is 0 Å². The lowest BCUT2D eigenvalue weighted by molar-refractivity contribution is 0.102. The Hall–Kier alpha value is -3.58. The number of anilines is 1. The fourth-order valence-corrected chi connectivity index (χ4v) is 3.52. The van der Waals surface area contributed by atoms with Gasteiger partial charge in [-0.25, -0.2) is 0 Å². The molecule has 4 heterocycles. The van der Waals surface area contributed by atoms with Crippen molar-refractivity contribution < 1.29 is 4.79 Å². The highest BCUT2D eigenvalue weighted by atomic mass is 16.1. The molecular weight excluding hydrogens is 364 g/mol. The van der Waals surface area contributed by atoms with Crippen molar-refractivity contribution in [3.05, 3.63) is 72.4 Å². The molecule has 0 unspecified atom stereocenters. The predicted molar refractivity (Wildman–Crippen MR) is 111 cm³/mol. The lowest BCUT2D eigenvalue weighted by Gasteiger charge is -2.30.